The molecule has 0 amide bonds. The first-order valence-electron chi connectivity index (χ1n) is 11.0. The molecule has 3 aromatic rings. The maximum absolute atomic E-state index is 12.1. The number of benzene rings is 1. The van der Waals surface area contributed by atoms with Crippen molar-refractivity contribution in [1.29, 1.82) is 0 Å². The van der Waals surface area contributed by atoms with E-state index in [0.29, 0.717) is 18.1 Å². The minimum absolute atomic E-state index is 0.00982. The predicted molar refractivity (Wildman–Crippen MR) is 134 cm³/mol. The van der Waals surface area contributed by atoms with Gasteiger partial charge in [0.15, 0.2) is 10.8 Å². The van der Waals surface area contributed by atoms with Crippen molar-refractivity contribution in [2.24, 2.45) is 0 Å². The highest BCUT2D eigenvalue weighted by molar-refractivity contribution is 9.10. The van der Waals surface area contributed by atoms with E-state index in [-0.39, 0.29) is 17.4 Å². The molecule has 0 atom stereocenters. The summed E-state index contributed by atoms with van der Waals surface area (Å²) >= 11 is 9.99. The quantitative estimate of drug-likeness (QED) is 0.243. The number of aryl methyl sites for hydroxylation is 1. The summed E-state index contributed by atoms with van der Waals surface area (Å²) in [5, 5.41) is 24.5. The molecule has 2 N–H and O–H groups in total. The van der Waals surface area contributed by atoms with E-state index in [4.69, 9.17) is 16.0 Å². The normalized spacial score (nSPS) is 11.4. The molecule has 1 aliphatic heterocycles. The number of halogens is 2. The lowest BCUT2D eigenvalue weighted by Crippen LogP contribution is -2.13. The molecule has 9 nitrogen and oxygen atoms in total. The van der Waals surface area contributed by atoms with E-state index in [9.17, 15) is 9.90 Å². The summed E-state index contributed by atoms with van der Waals surface area (Å²) in [5.41, 5.74) is 5.21. The second-order valence-corrected chi connectivity index (χ2v) is 9.23. The molecular formula is C24H20BrClN6O3. The van der Waals surface area contributed by atoms with E-state index in [1.165, 1.54) is 0 Å². The number of aromatic nitrogens is 6. The number of H-pyrrole nitrogens is 1. The monoisotopic (exact) mass is 554 g/mol. The van der Waals surface area contributed by atoms with Crippen LogP contribution in [0.15, 0.2) is 51.7 Å². The van der Waals surface area contributed by atoms with Crippen molar-refractivity contribution in [1.82, 2.24) is 30.2 Å². The van der Waals surface area contributed by atoms with Gasteiger partial charge in [0.05, 0.1) is 19.1 Å². The Morgan fingerprint density at radius 3 is 2.86 bits per heavy atom. The van der Waals surface area contributed by atoms with Crippen molar-refractivity contribution >= 4 is 33.5 Å². The average Bonchev–Trinajstić information content (AvgIpc) is 3.56. The second-order valence-electron chi connectivity index (χ2n) is 8.02. The Morgan fingerprint density at radius 2 is 2.11 bits per heavy atom. The number of aromatic amines is 1. The van der Waals surface area contributed by atoms with E-state index in [1.54, 1.807) is 17.1 Å². The zero-order chi connectivity index (χ0) is 24.5. The summed E-state index contributed by atoms with van der Waals surface area (Å²) in [4.78, 5) is 16.5. The van der Waals surface area contributed by atoms with Gasteiger partial charge < -0.3 is 14.1 Å². The molecule has 0 saturated heterocycles. The van der Waals surface area contributed by atoms with Crippen LogP contribution in [0.2, 0.25) is 5.15 Å². The lowest BCUT2D eigenvalue weighted by molar-refractivity contribution is 0.0685. The summed E-state index contributed by atoms with van der Waals surface area (Å²) in [6.07, 6.45) is 5.71. The van der Waals surface area contributed by atoms with Gasteiger partial charge in [-0.3, -0.25) is 0 Å². The first kappa shape index (κ1) is 23.3. The number of rotatable bonds is 8. The summed E-state index contributed by atoms with van der Waals surface area (Å²) in [5.74, 6) is -0.0329. The van der Waals surface area contributed by atoms with Gasteiger partial charge in [-0.1, -0.05) is 53.0 Å². The number of tetrazole rings is 1. The van der Waals surface area contributed by atoms with E-state index in [0.717, 1.165) is 50.7 Å². The molecule has 35 heavy (non-hydrogen) atoms. The lowest BCUT2D eigenvalue weighted by atomic mass is 9.97. The van der Waals surface area contributed by atoms with Gasteiger partial charge >= 0.3 is 5.97 Å². The van der Waals surface area contributed by atoms with Crippen molar-refractivity contribution < 1.29 is 14.3 Å². The molecule has 1 aliphatic carbocycles. The number of hydrogen-bond acceptors (Lipinski definition) is 6. The van der Waals surface area contributed by atoms with E-state index in [1.807, 2.05) is 30.3 Å². The standard InChI is InChI=1S/C24H20BrClN6O3/c1-2-3-7-19-27-22(26)21(24(33)34)32(19)11-17-14-8-9-35-12-13(14)10-16(17)20-15(5-4-6-18(20)25)23-28-30-31-29-23/h4-6,8-10,12H,2-3,7,11H2,1H3,(H,33,34)(H,28,29,30,31). The smallest absolute Gasteiger partial charge is 0.355 e. The first-order chi connectivity index (χ1) is 17.0. The fraction of sp³-hybridized carbons (Fsp3) is 0.208. The SMILES string of the molecule is CCCCc1nc(Cl)c(C(=O)O)n1Cc1c2ccocc-2cc1-c1c(Br)cccc1-c1nn[nH]n1. The summed E-state index contributed by atoms with van der Waals surface area (Å²) in [7, 11) is 0. The fourth-order valence-corrected chi connectivity index (χ4v) is 5.19. The van der Waals surface area contributed by atoms with Crippen LogP contribution in [-0.4, -0.2) is 41.3 Å². The highest BCUT2D eigenvalue weighted by Gasteiger charge is 2.27. The Hall–Kier alpha value is -3.50. The van der Waals surface area contributed by atoms with Gasteiger partial charge in [0.1, 0.15) is 5.82 Å². The molecule has 2 aliphatic rings. The fourth-order valence-electron chi connectivity index (χ4n) is 4.33. The molecule has 0 fully saturated rings. The van der Waals surface area contributed by atoms with Crippen LogP contribution in [0.1, 0.15) is 41.6 Å². The van der Waals surface area contributed by atoms with Gasteiger partial charge in [0.25, 0.3) is 0 Å². The molecule has 3 heterocycles. The van der Waals surface area contributed by atoms with Gasteiger partial charge in [-0.15, -0.1) is 10.2 Å². The number of aromatic carboxylic acids is 1. The number of fused-ring (bicyclic) bond motifs is 1. The van der Waals surface area contributed by atoms with Crippen molar-refractivity contribution in [2.45, 2.75) is 32.7 Å². The number of imidazole rings is 1. The Balaban J connectivity index is 1.75. The van der Waals surface area contributed by atoms with Crippen molar-refractivity contribution in [3.05, 3.63) is 69.6 Å². The third kappa shape index (κ3) is 4.23. The number of nitrogens with one attached hydrogen (secondary N) is 1. The Morgan fingerprint density at radius 1 is 1.26 bits per heavy atom. The molecule has 0 radical (unpaired) electrons. The molecule has 0 bridgehead atoms. The minimum Gasteiger partial charge on any atom is -0.476 e. The highest BCUT2D eigenvalue weighted by Crippen LogP contribution is 2.44. The molecule has 2 aromatic heterocycles. The number of nitrogens with zero attached hydrogens (tertiary/aromatic N) is 5. The Labute approximate surface area is 213 Å². The predicted octanol–water partition coefficient (Wildman–Crippen LogP) is 5.93. The van der Waals surface area contributed by atoms with Crippen LogP contribution in [0.25, 0.3) is 33.6 Å². The minimum atomic E-state index is -1.12. The summed E-state index contributed by atoms with van der Waals surface area (Å²) in [6.45, 7) is 2.34. The van der Waals surface area contributed by atoms with E-state index < -0.39 is 5.97 Å². The van der Waals surface area contributed by atoms with Crippen LogP contribution in [-0.2, 0) is 13.0 Å². The largest absolute Gasteiger partial charge is 0.476 e. The van der Waals surface area contributed by atoms with E-state index >= 15 is 0 Å². The summed E-state index contributed by atoms with van der Waals surface area (Å²) in [6, 6.07) is 9.65. The molecule has 178 valence electrons. The number of carboxylic acids is 1. The van der Waals surface area contributed by atoms with Gasteiger partial charge in [-0.2, -0.15) is 5.21 Å². The van der Waals surface area contributed by atoms with Crippen LogP contribution in [0.5, 0.6) is 0 Å². The second kappa shape index (κ2) is 9.63. The Bertz CT molecular complexity index is 1480. The first-order valence-corrected chi connectivity index (χ1v) is 12.1. The molecule has 0 saturated carbocycles. The molecule has 5 rings (SSSR count). The molecule has 0 unspecified atom stereocenters. The topological polar surface area (TPSA) is 123 Å². The van der Waals surface area contributed by atoms with Crippen LogP contribution in [0, 0.1) is 0 Å². The zero-order valence-corrected chi connectivity index (χ0v) is 21.0. The molecular weight excluding hydrogens is 536 g/mol. The van der Waals surface area contributed by atoms with Gasteiger partial charge in [-0.25, -0.2) is 9.78 Å². The van der Waals surface area contributed by atoms with Gasteiger partial charge in [0.2, 0.25) is 5.82 Å². The van der Waals surface area contributed by atoms with Crippen molar-refractivity contribution in [3.63, 3.8) is 0 Å². The van der Waals surface area contributed by atoms with Gasteiger partial charge in [0, 0.05) is 27.6 Å². The molecule has 1 aromatic carbocycles. The molecule has 0 spiro atoms. The highest BCUT2D eigenvalue weighted by atomic mass is 79.9. The number of carboxylic acid groups (broad SMARTS) is 1. The number of unbranched alkanes of at least 4 members (excludes halogenated alkanes) is 1. The number of carbonyl (C=O) groups is 1. The lowest BCUT2D eigenvalue weighted by Gasteiger charge is -2.15. The maximum Gasteiger partial charge on any atom is 0.355 e. The van der Waals surface area contributed by atoms with Crippen LogP contribution < -0.4 is 0 Å². The third-order valence-electron chi connectivity index (χ3n) is 5.92. The average molecular weight is 556 g/mol. The van der Waals surface area contributed by atoms with Crippen molar-refractivity contribution in [3.8, 4) is 33.6 Å². The van der Waals surface area contributed by atoms with Crippen LogP contribution >= 0.6 is 27.5 Å². The zero-order valence-electron chi connectivity index (χ0n) is 18.6. The Kier molecular flexibility index (Phi) is 6.40. The van der Waals surface area contributed by atoms with E-state index in [2.05, 4.69) is 48.5 Å². The van der Waals surface area contributed by atoms with Crippen LogP contribution in [0.3, 0.4) is 0 Å². The summed E-state index contributed by atoms with van der Waals surface area (Å²) < 4.78 is 7.97. The van der Waals surface area contributed by atoms with Crippen molar-refractivity contribution in [2.75, 3.05) is 0 Å². The third-order valence-corrected chi connectivity index (χ3v) is 6.84. The molecule has 11 heteroatoms. The maximum atomic E-state index is 12.1. The van der Waals surface area contributed by atoms with Crippen LogP contribution in [0.4, 0.5) is 0 Å². The van der Waals surface area contributed by atoms with Gasteiger partial charge in [-0.05, 0) is 46.5 Å². The number of hydrogen-bond donors (Lipinski definition) is 2.